The van der Waals surface area contributed by atoms with Gasteiger partial charge in [-0.2, -0.15) is 0 Å². The van der Waals surface area contributed by atoms with Crippen molar-refractivity contribution >= 4 is 17.5 Å². The van der Waals surface area contributed by atoms with Crippen molar-refractivity contribution in [2.45, 2.75) is 20.4 Å². The number of nitrogens with one attached hydrogen (secondary N) is 2. The molecular formula is C20H18ClN3O3. The fourth-order valence-corrected chi connectivity index (χ4v) is 2.77. The van der Waals surface area contributed by atoms with Crippen LogP contribution in [0, 0.1) is 13.8 Å². The molecule has 0 atom stereocenters. The molecule has 2 aromatic carbocycles. The maximum Gasteiger partial charge on any atom is 0.294 e. The molecule has 0 unspecified atom stereocenters. The van der Waals surface area contributed by atoms with E-state index >= 15 is 0 Å². The molecule has 0 radical (unpaired) electrons. The maximum absolute atomic E-state index is 12.5. The highest BCUT2D eigenvalue weighted by atomic mass is 35.5. The molecular weight excluding hydrogens is 366 g/mol. The molecule has 1 heterocycles. The van der Waals surface area contributed by atoms with E-state index in [0.29, 0.717) is 10.6 Å². The van der Waals surface area contributed by atoms with E-state index in [1.54, 1.807) is 12.1 Å². The minimum Gasteiger partial charge on any atom is -0.501 e. The van der Waals surface area contributed by atoms with E-state index in [9.17, 15) is 14.7 Å². The van der Waals surface area contributed by atoms with Crippen molar-refractivity contribution in [3.8, 4) is 17.1 Å². The molecule has 0 aliphatic carbocycles. The average molecular weight is 384 g/mol. The Bertz CT molecular complexity index is 1080. The molecule has 7 heteroatoms. The van der Waals surface area contributed by atoms with Crippen LogP contribution in [0.15, 0.2) is 47.3 Å². The summed E-state index contributed by atoms with van der Waals surface area (Å²) >= 11 is 6.08. The van der Waals surface area contributed by atoms with Gasteiger partial charge in [0.05, 0.1) is 0 Å². The van der Waals surface area contributed by atoms with Crippen molar-refractivity contribution in [1.29, 1.82) is 0 Å². The lowest BCUT2D eigenvalue weighted by Gasteiger charge is -2.09. The van der Waals surface area contributed by atoms with Crippen LogP contribution in [0.1, 0.15) is 27.2 Å². The summed E-state index contributed by atoms with van der Waals surface area (Å²) in [5.74, 6) is -1.15. The lowest BCUT2D eigenvalue weighted by molar-refractivity contribution is 0.0942. The second-order valence-electron chi connectivity index (χ2n) is 6.25. The zero-order valence-corrected chi connectivity index (χ0v) is 15.6. The number of hydrogen-bond acceptors (Lipinski definition) is 4. The summed E-state index contributed by atoms with van der Waals surface area (Å²) in [4.78, 5) is 31.1. The summed E-state index contributed by atoms with van der Waals surface area (Å²) in [6.07, 6.45) is 0. The summed E-state index contributed by atoms with van der Waals surface area (Å²) < 4.78 is 0. The van der Waals surface area contributed by atoms with Crippen molar-refractivity contribution in [2.24, 2.45) is 0 Å². The number of rotatable bonds is 4. The number of aromatic amines is 1. The van der Waals surface area contributed by atoms with E-state index in [1.807, 2.05) is 44.2 Å². The zero-order valence-electron chi connectivity index (χ0n) is 14.8. The van der Waals surface area contributed by atoms with Gasteiger partial charge in [0.15, 0.2) is 5.69 Å². The van der Waals surface area contributed by atoms with Gasteiger partial charge in [0.1, 0.15) is 5.82 Å². The molecule has 0 aliphatic rings. The molecule has 138 valence electrons. The molecule has 0 spiro atoms. The van der Waals surface area contributed by atoms with Crippen LogP contribution in [0.2, 0.25) is 5.02 Å². The molecule has 0 bridgehead atoms. The number of aromatic hydroxyl groups is 1. The first-order valence-corrected chi connectivity index (χ1v) is 8.66. The van der Waals surface area contributed by atoms with E-state index in [4.69, 9.17) is 11.6 Å². The van der Waals surface area contributed by atoms with Crippen molar-refractivity contribution in [3.63, 3.8) is 0 Å². The molecule has 1 amide bonds. The topological polar surface area (TPSA) is 95.1 Å². The molecule has 1 aromatic heterocycles. The van der Waals surface area contributed by atoms with E-state index in [-0.39, 0.29) is 18.1 Å². The number of aryl methyl sites for hydroxylation is 2. The van der Waals surface area contributed by atoms with Crippen molar-refractivity contribution in [3.05, 3.63) is 80.2 Å². The van der Waals surface area contributed by atoms with Crippen LogP contribution >= 0.6 is 11.6 Å². The number of aromatic nitrogens is 2. The van der Waals surface area contributed by atoms with E-state index in [1.165, 1.54) is 0 Å². The Hall–Kier alpha value is -3.12. The van der Waals surface area contributed by atoms with Gasteiger partial charge in [0, 0.05) is 17.1 Å². The highest BCUT2D eigenvalue weighted by molar-refractivity contribution is 6.31. The Morgan fingerprint density at radius 3 is 2.70 bits per heavy atom. The highest BCUT2D eigenvalue weighted by Gasteiger charge is 2.18. The van der Waals surface area contributed by atoms with Crippen molar-refractivity contribution in [2.75, 3.05) is 0 Å². The molecule has 3 N–H and O–H groups in total. The number of halogens is 1. The van der Waals surface area contributed by atoms with Gasteiger partial charge in [-0.1, -0.05) is 47.5 Å². The number of H-pyrrole nitrogens is 1. The number of benzene rings is 2. The molecule has 0 fully saturated rings. The fraction of sp³-hybridized carbons (Fsp3) is 0.150. The van der Waals surface area contributed by atoms with Crippen LogP contribution in [0.4, 0.5) is 0 Å². The van der Waals surface area contributed by atoms with Gasteiger partial charge >= 0.3 is 0 Å². The molecule has 0 aliphatic heterocycles. The van der Waals surface area contributed by atoms with Crippen LogP contribution in [-0.4, -0.2) is 21.0 Å². The number of amides is 1. The quantitative estimate of drug-likeness (QED) is 0.643. The Balaban J connectivity index is 1.87. The van der Waals surface area contributed by atoms with Gasteiger partial charge in [0.2, 0.25) is 5.75 Å². The molecule has 0 saturated heterocycles. The second kappa shape index (κ2) is 7.63. The Morgan fingerprint density at radius 2 is 2.00 bits per heavy atom. The number of carbonyl (C=O) groups excluding carboxylic acids is 1. The standard InChI is InChI=1S/C20H18ClN3O3/c1-11-4-3-5-14(8-11)18-23-16(17(25)20(27)24-18)19(26)22-10-13-7-6-12(2)15(21)9-13/h3-9,25H,10H2,1-2H3,(H,22,26)(H,23,24,27). The number of hydrogen-bond donors (Lipinski definition) is 3. The summed E-state index contributed by atoms with van der Waals surface area (Å²) in [5, 5.41) is 13.2. The van der Waals surface area contributed by atoms with E-state index < -0.39 is 17.2 Å². The molecule has 6 nitrogen and oxygen atoms in total. The largest absolute Gasteiger partial charge is 0.501 e. The average Bonchev–Trinajstić information content (AvgIpc) is 2.64. The third-order valence-electron chi connectivity index (χ3n) is 4.09. The lowest BCUT2D eigenvalue weighted by Crippen LogP contribution is -2.26. The second-order valence-corrected chi connectivity index (χ2v) is 6.65. The van der Waals surface area contributed by atoms with Crippen molar-refractivity contribution in [1.82, 2.24) is 15.3 Å². The van der Waals surface area contributed by atoms with Gasteiger partial charge in [-0.25, -0.2) is 4.98 Å². The fourth-order valence-electron chi connectivity index (χ4n) is 2.57. The van der Waals surface area contributed by atoms with Gasteiger partial charge < -0.3 is 15.4 Å². The normalized spacial score (nSPS) is 10.6. The Labute approximate surface area is 160 Å². The van der Waals surface area contributed by atoms with Gasteiger partial charge in [0.25, 0.3) is 11.5 Å². The minimum absolute atomic E-state index is 0.187. The van der Waals surface area contributed by atoms with Gasteiger partial charge in [-0.05, 0) is 37.1 Å². The molecule has 27 heavy (non-hydrogen) atoms. The van der Waals surface area contributed by atoms with E-state index in [2.05, 4.69) is 15.3 Å². The van der Waals surface area contributed by atoms with Crippen LogP contribution < -0.4 is 10.9 Å². The number of carbonyl (C=O) groups is 1. The summed E-state index contributed by atoms with van der Waals surface area (Å²) in [6, 6.07) is 12.7. The summed E-state index contributed by atoms with van der Waals surface area (Å²) in [7, 11) is 0. The predicted molar refractivity (Wildman–Crippen MR) is 104 cm³/mol. The van der Waals surface area contributed by atoms with Crippen LogP contribution in [0.3, 0.4) is 0 Å². The SMILES string of the molecule is Cc1cccc(-c2nc(C(=O)NCc3ccc(C)c(Cl)c3)c(O)c(=O)[nH]2)c1. The Morgan fingerprint density at radius 1 is 1.22 bits per heavy atom. The first kappa shape index (κ1) is 18.7. The smallest absolute Gasteiger partial charge is 0.294 e. The number of nitrogens with zero attached hydrogens (tertiary/aromatic N) is 1. The third-order valence-corrected chi connectivity index (χ3v) is 4.50. The van der Waals surface area contributed by atoms with Crippen LogP contribution in [0.25, 0.3) is 11.4 Å². The van der Waals surface area contributed by atoms with Crippen molar-refractivity contribution < 1.29 is 9.90 Å². The predicted octanol–water partition coefficient (Wildman–Crippen LogP) is 3.34. The van der Waals surface area contributed by atoms with Crippen LogP contribution in [0.5, 0.6) is 5.75 Å². The van der Waals surface area contributed by atoms with Gasteiger partial charge in [-0.15, -0.1) is 0 Å². The monoisotopic (exact) mass is 383 g/mol. The highest BCUT2D eigenvalue weighted by Crippen LogP contribution is 2.19. The zero-order chi connectivity index (χ0) is 19.6. The minimum atomic E-state index is -0.773. The first-order valence-electron chi connectivity index (χ1n) is 8.28. The summed E-state index contributed by atoms with van der Waals surface area (Å²) in [6.45, 7) is 3.98. The third kappa shape index (κ3) is 4.17. The van der Waals surface area contributed by atoms with Gasteiger partial charge in [-0.3, -0.25) is 9.59 Å². The molecule has 3 aromatic rings. The summed E-state index contributed by atoms with van der Waals surface area (Å²) in [5.41, 5.74) is 2.25. The molecule has 0 saturated carbocycles. The molecule has 3 rings (SSSR count). The van der Waals surface area contributed by atoms with E-state index in [0.717, 1.165) is 16.7 Å². The first-order chi connectivity index (χ1) is 12.8. The van der Waals surface area contributed by atoms with Crippen LogP contribution in [-0.2, 0) is 6.54 Å². The maximum atomic E-state index is 12.5. The Kier molecular flexibility index (Phi) is 5.28. The lowest BCUT2D eigenvalue weighted by atomic mass is 10.1.